The monoisotopic (exact) mass is 421 g/mol. The van der Waals surface area contributed by atoms with Crippen LogP contribution < -0.4 is 16.4 Å². The van der Waals surface area contributed by atoms with Gasteiger partial charge in [0.05, 0.1) is 24.6 Å². The molecule has 1 amide bonds. The van der Waals surface area contributed by atoms with Gasteiger partial charge in [-0.15, -0.1) is 11.3 Å². The van der Waals surface area contributed by atoms with E-state index in [2.05, 4.69) is 15.7 Å². The van der Waals surface area contributed by atoms with Crippen LogP contribution in [0.2, 0.25) is 0 Å². The lowest BCUT2D eigenvalue weighted by atomic mass is 10.1. The van der Waals surface area contributed by atoms with E-state index in [1.807, 2.05) is 6.92 Å². The molecule has 0 saturated heterocycles. The summed E-state index contributed by atoms with van der Waals surface area (Å²) in [6, 6.07) is 0. The zero-order valence-electron chi connectivity index (χ0n) is 15.8. The molecule has 0 fully saturated rings. The van der Waals surface area contributed by atoms with Crippen LogP contribution in [0.3, 0.4) is 0 Å². The number of aromatic nitrogens is 2. The van der Waals surface area contributed by atoms with Gasteiger partial charge in [-0.3, -0.25) is 9.48 Å². The third kappa shape index (κ3) is 4.02. The summed E-state index contributed by atoms with van der Waals surface area (Å²) < 4.78 is 6.50. The van der Waals surface area contributed by atoms with Gasteiger partial charge in [0.2, 0.25) is 0 Å². The first-order chi connectivity index (χ1) is 13.5. The summed E-state index contributed by atoms with van der Waals surface area (Å²) in [5.74, 6) is -0.968. The van der Waals surface area contributed by atoms with Crippen molar-refractivity contribution in [3.63, 3.8) is 0 Å². The van der Waals surface area contributed by atoms with Gasteiger partial charge < -0.3 is 21.1 Å². The fourth-order valence-electron chi connectivity index (χ4n) is 3.38. The zero-order chi connectivity index (χ0) is 20.3. The second-order valence-electron chi connectivity index (χ2n) is 6.43. The number of anilines is 2. The number of esters is 1. The number of nitrogens with one attached hydrogen (secondary N) is 2. The van der Waals surface area contributed by atoms with Crippen LogP contribution in [0.25, 0.3) is 0 Å². The van der Waals surface area contributed by atoms with Crippen molar-refractivity contribution in [3.8, 4) is 0 Å². The lowest BCUT2D eigenvalue weighted by Crippen LogP contribution is -2.24. The number of carbonyl (C=O) groups excluding carboxylic acids is 2. The summed E-state index contributed by atoms with van der Waals surface area (Å²) in [7, 11) is 1.38. The molecule has 2 heterocycles. The molecule has 0 aliphatic heterocycles. The van der Waals surface area contributed by atoms with Crippen LogP contribution in [0.4, 0.5) is 10.7 Å². The maximum atomic E-state index is 12.4. The third-order valence-corrected chi connectivity index (χ3v) is 6.07. The summed E-state index contributed by atoms with van der Waals surface area (Å²) >= 11 is 6.93. The van der Waals surface area contributed by atoms with E-state index in [1.54, 1.807) is 0 Å². The normalized spacial score (nSPS) is 13.4. The molecule has 2 aromatic rings. The maximum Gasteiger partial charge on any atom is 0.341 e. The molecule has 2 aromatic heterocycles. The van der Waals surface area contributed by atoms with E-state index >= 15 is 0 Å². The number of carbonyl (C=O) groups is 2. The summed E-state index contributed by atoms with van der Waals surface area (Å²) in [5.41, 5.74) is 7.74. The Morgan fingerprint density at radius 3 is 2.75 bits per heavy atom. The summed E-state index contributed by atoms with van der Waals surface area (Å²) in [4.78, 5) is 25.4. The molecule has 4 N–H and O–H groups in total. The molecule has 8 nitrogen and oxygen atoms in total. The van der Waals surface area contributed by atoms with Crippen LogP contribution in [0.1, 0.15) is 57.5 Å². The van der Waals surface area contributed by atoms with Gasteiger partial charge in [-0.25, -0.2) is 4.79 Å². The molecule has 0 unspecified atom stereocenters. The molecule has 28 heavy (non-hydrogen) atoms. The number of thiophene rings is 1. The number of aryl methyl sites for hydroxylation is 2. The smallest absolute Gasteiger partial charge is 0.341 e. The topological polar surface area (TPSA) is 111 Å². The molecule has 0 radical (unpaired) electrons. The Morgan fingerprint density at radius 2 is 2.07 bits per heavy atom. The minimum absolute atomic E-state index is 0.250. The molecule has 3 rings (SSSR count). The Morgan fingerprint density at radius 1 is 1.32 bits per heavy atom. The van der Waals surface area contributed by atoms with Crippen molar-refractivity contribution in [2.75, 3.05) is 17.7 Å². The van der Waals surface area contributed by atoms with Crippen LogP contribution >= 0.6 is 23.6 Å². The molecule has 1 aliphatic carbocycles. The van der Waals surface area contributed by atoms with Gasteiger partial charge in [0.25, 0.3) is 5.91 Å². The zero-order valence-corrected chi connectivity index (χ0v) is 17.5. The number of methoxy groups -OCH3 is 1. The molecule has 0 bridgehead atoms. The van der Waals surface area contributed by atoms with Crippen molar-refractivity contribution in [1.82, 2.24) is 9.78 Å². The van der Waals surface area contributed by atoms with E-state index in [0.29, 0.717) is 22.8 Å². The number of ether oxygens (including phenoxy) is 1. The first kappa shape index (κ1) is 20.3. The second kappa shape index (κ2) is 8.70. The van der Waals surface area contributed by atoms with Crippen molar-refractivity contribution >= 4 is 51.2 Å². The van der Waals surface area contributed by atoms with Crippen molar-refractivity contribution < 1.29 is 14.3 Å². The van der Waals surface area contributed by atoms with Gasteiger partial charge >= 0.3 is 5.97 Å². The Balaban J connectivity index is 1.86. The fraction of sp³-hybridized carbons (Fsp3) is 0.444. The highest BCUT2D eigenvalue weighted by Crippen LogP contribution is 2.38. The third-order valence-electron chi connectivity index (χ3n) is 4.66. The lowest BCUT2D eigenvalue weighted by Gasteiger charge is -2.11. The summed E-state index contributed by atoms with van der Waals surface area (Å²) in [6.45, 7) is 2.37. The number of fused-ring (bicyclic) bond motifs is 1. The van der Waals surface area contributed by atoms with Crippen molar-refractivity contribution in [2.24, 2.45) is 5.73 Å². The Hall–Kier alpha value is -2.46. The molecule has 1 aliphatic rings. The van der Waals surface area contributed by atoms with Gasteiger partial charge in [0, 0.05) is 11.4 Å². The molecular formula is C18H23N5O3S2. The van der Waals surface area contributed by atoms with Crippen LogP contribution in [-0.2, 0) is 24.1 Å². The number of nitrogens with zero attached hydrogens (tertiary/aromatic N) is 2. The van der Waals surface area contributed by atoms with Crippen molar-refractivity contribution in [2.45, 2.75) is 45.6 Å². The number of rotatable bonds is 5. The fourth-order valence-corrected chi connectivity index (χ4v) is 4.94. The van der Waals surface area contributed by atoms with Gasteiger partial charge in [0.1, 0.15) is 10.7 Å². The molecule has 10 heteroatoms. The Kier molecular flexibility index (Phi) is 6.30. The molecule has 0 aromatic carbocycles. The average Bonchev–Trinajstić information content (AvgIpc) is 3.14. The number of primary amides is 1. The van der Waals surface area contributed by atoms with E-state index in [4.69, 9.17) is 22.7 Å². The van der Waals surface area contributed by atoms with E-state index < -0.39 is 5.91 Å². The van der Waals surface area contributed by atoms with Crippen molar-refractivity contribution in [1.29, 1.82) is 0 Å². The molecule has 0 atom stereocenters. The minimum Gasteiger partial charge on any atom is -0.465 e. The van der Waals surface area contributed by atoms with Gasteiger partial charge in [-0.1, -0.05) is 6.42 Å². The van der Waals surface area contributed by atoms with Crippen molar-refractivity contribution in [3.05, 3.63) is 27.9 Å². The highest BCUT2D eigenvalue weighted by molar-refractivity contribution is 7.80. The lowest BCUT2D eigenvalue weighted by molar-refractivity contribution is 0.0601. The number of hydrogen-bond acceptors (Lipinski definition) is 6. The predicted molar refractivity (Wildman–Crippen MR) is 113 cm³/mol. The summed E-state index contributed by atoms with van der Waals surface area (Å²) in [5, 5.41) is 11.1. The van der Waals surface area contributed by atoms with Crippen LogP contribution in [-0.4, -0.2) is 33.9 Å². The molecule has 0 saturated carbocycles. The molecule has 150 valence electrons. The number of nitrogens with two attached hydrogens (primary N) is 1. The van der Waals surface area contributed by atoms with E-state index in [-0.39, 0.29) is 16.8 Å². The first-order valence-corrected chi connectivity index (χ1v) is 10.3. The number of amides is 1. The minimum atomic E-state index is -0.595. The second-order valence-corrected chi connectivity index (χ2v) is 7.94. The Bertz CT molecular complexity index is 919. The summed E-state index contributed by atoms with van der Waals surface area (Å²) in [6.07, 6.45) is 6.61. The maximum absolute atomic E-state index is 12.4. The quantitative estimate of drug-likeness (QED) is 0.387. The molecule has 0 spiro atoms. The standard InChI is InChI=1S/C18H23N5O3S2/c1-3-23-14(15(19)24)11(9-20-23)21-18(27)22-16-13(17(25)26-2)10-7-5-4-6-8-12(10)28-16/h9H,3-8H2,1-2H3,(H2,19,24)(H2,21,22,27). The van der Waals surface area contributed by atoms with Crippen LogP contribution in [0.15, 0.2) is 6.20 Å². The largest absolute Gasteiger partial charge is 0.465 e. The van der Waals surface area contributed by atoms with E-state index in [0.717, 1.165) is 37.7 Å². The van der Waals surface area contributed by atoms with Gasteiger partial charge in [-0.2, -0.15) is 5.10 Å². The SMILES string of the molecule is CCn1ncc(NC(=S)Nc2sc3c(c2C(=O)OC)CCCCC3)c1C(N)=O. The first-order valence-electron chi connectivity index (χ1n) is 9.12. The van der Waals surface area contributed by atoms with E-state index in [1.165, 1.54) is 34.2 Å². The predicted octanol–water partition coefficient (Wildman–Crippen LogP) is 2.93. The van der Waals surface area contributed by atoms with E-state index in [9.17, 15) is 9.59 Å². The highest BCUT2D eigenvalue weighted by atomic mass is 32.1. The van der Waals surface area contributed by atoms with Gasteiger partial charge in [-0.05, 0) is 50.4 Å². The Labute approximate surface area is 172 Å². The average molecular weight is 422 g/mol. The van der Waals surface area contributed by atoms with Gasteiger partial charge in [0.15, 0.2) is 5.11 Å². The highest BCUT2D eigenvalue weighted by Gasteiger charge is 2.26. The number of hydrogen-bond donors (Lipinski definition) is 3. The van der Waals surface area contributed by atoms with Crippen LogP contribution in [0, 0.1) is 0 Å². The number of thiocarbonyl (C=S) groups is 1. The molecular weight excluding hydrogens is 398 g/mol. The van der Waals surface area contributed by atoms with Crippen LogP contribution in [0.5, 0.6) is 0 Å².